The Morgan fingerprint density at radius 1 is 1.20 bits per heavy atom. The van der Waals surface area contributed by atoms with Crippen LogP contribution in [0, 0.1) is 6.92 Å². The molecule has 2 fully saturated rings. The third-order valence-corrected chi connectivity index (χ3v) is 5.23. The molecule has 0 radical (unpaired) electrons. The minimum absolute atomic E-state index is 0.0794. The van der Waals surface area contributed by atoms with E-state index in [1.165, 1.54) is 18.4 Å². The summed E-state index contributed by atoms with van der Waals surface area (Å²) in [5.74, 6) is 1.49. The molecule has 130 valence electrons. The highest BCUT2D eigenvalue weighted by Crippen LogP contribution is 2.37. The first-order valence-corrected chi connectivity index (χ1v) is 9.25. The number of carbonyl (C=O) groups is 1. The Kier molecular flexibility index (Phi) is 4.47. The van der Waals surface area contributed by atoms with Gasteiger partial charge in [-0.15, -0.1) is 0 Å². The van der Waals surface area contributed by atoms with Crippen molar-refractivity contribution in [3.8, 4) is 0 Å². The third kappa shape index (κ3) is 3.70. The summed E-state index contributed by atoms with van der Waals surface area (Å²) in [5, 5.41) is 0. The average molecular weight is 336 g/mol. The highest BCUT2D eigenvalue weighted by Gasteiger charge is 2.30. The van der Waals surface area contributed by atoms with Crippen LogP contribution >= 0.6 is 0 Å². The van der Waals surface area contributed by atoms with Crippen LogP contribution < -0.4 is 0 Å². The summed E-state index contributed by atoms with van der Waals surface area (Å²) in [4.78, 5) is 27.9. The van der Waals surface area contributed by atoms with E-state index in [0.29, 0.717) is 17.5 Å². The number of hydrogen-bond donors (Lipinski definition) is 0. The summed E-state index contributed by atoms with van der Waals surface area (Å²) >= 11 is 0. The number of rotatable bonds is 5. The molecule has 0 N–H and O–H groups in total. The molecule has 0 bridgehead atoms. The molecule has 1 saturated carbocycles. The Labute approximate surface area is 148 Å². The quantitative estimate of drug-likeness (QED) is 0.840. The maximum Gasteiger partial charge on any atom is 0.257 e. The summed E-state index contributed by atoms with van der Waals surface area (Å²) in [6.45, 7) is 2.85. The number of likely N-dealkylation sites (tertiary alicyclic amines) is 1. The average Bonchev–Trinajstić information content (AvgIpc) is 3.38. The number of carbonyl (C=O) groups excluding carboxylic acids is 1. The van der Waals surface area contributed by atoms with Crippen LogP contribution in [0.2, 0.25) is 0 Å². The van der Waals surface area contributed by atoms with Gasteiger partial charge in [-0.2, -0.15) is 0 Å². The maximum absolute atomic E-state index is 12.9. The normalized spacial score (nSPS) is 20.0. The highest BCUT2D eigenvalue weighted by molar-refractivity contribution is 5.94. The summed E-state index contributed by atoms with van der Waals surface area (Å²) in [6.07, 6.45) is 11.8. The SMILES string of the molecule is Cc1cc(CC[C@H]2CCCN2C(=O)c2cnc(C3CC3)nc2)ccn1. The molecular formula is C20H24N4O. The van der Waals surface area contributed by atoms with Crippen molar-refractivity contribution in [1.82, 2.24) is 19.9 Å². The lowest BCUT2D eigenvalue weighted by Crippen LogP contribution is -2.36. The number of nitrogens with zero attached hydrogens (tertiary/aromatic N) is 4. The van der Waals surface area contributed by atoms with Crippen LogP contribution in [0.15, 0.2) is 30.7 Å². The van der Waals surface area contributed by atoms with E-state index in [1.54, 1.807) is 12.4 Å². The molecule has 1 aliphatic heterocycles. The molecule has 2 aromatic rings. The monoisotopic (exact) mass is 336 g/mol. The second-order valence-electron chi connectivity index (χ2n) is 7.24. The Morgan fingerprint density at radius 3 is 2.72 bits per heavy atom. The van der Waals surface area contributed by atoms with Crippen LogP contribution in [-0.2, 0) is 6.42 Å². The van der Waals surface area contributed by atoms with Gasteiger partial charge in [0, 0.05) is 42.8 Å². The van der Waals surface area contributed by atoms with Crippen molar-refractivity contribution in [1.29, 1.82) is 0 Å². The smallest absolute Gasteiger partial charge is 0.257 e. The van der Waals surface area contributed by atoms with E-state index in [2.05, 4.69) is 27.1 Å². The number of hydrogen-bond acceptors (Lipinski definition) is 4. The van der Waals surface area contributed by atoms with E-state index in [0.717, 1.165) is 43.7 Å². The lowest BCUT2D eigenvalue weighted by molar-refractivity contribution is 0.0729. The van der Waals surface area contributed by atoms with Crippen LogP contribution in [0.25, 0.3) is 0 Å². The molecule has 25 heavy (non-hydrogen) atoms. The van der Waals surface area contributed by atoms with E-state index >= 15 is 0 Å². The van der Waals surface area contributed by atoms with Crippen molar-refractivity contribution in [2.24, 2.45) is 0 Å². The summed E-state index contributed by atoms with van der Waals surface area (Å²) in [6, 6.07) is 4.51. The Morgan fingerprint density at radius 2 is 2.00 bits per heavy atom. The number of aryl methyl sites for hydroxylation is 2. The molecule has 0 unspecified atom stereocenters. The van der Waals surface area contributed by atoms with E-state index in [9.17, 15) is 4.79 Å². The molecule has 5 heteroatoms. The van der Waals surface area contributed by atoms with Crippen LogP contribution in [0.5, 0.6) is 0 Å². The van der Waals surface area contributed by atoms with E-state index in [4.69, 9.17) is 0 Å². The molecule has 4 rings (SSSR count). The largest absolute Gasteiger partial charge is 0.336 e. The van der Waals surface area contributed by atoms with Gasteiger partial charge in [0.1, 0.15) is 5.82 Å². The van der Waals surface area contributed by atoms with Gasteiger partial charge in [0.25, 0.3) is 5.91 Å². The summed E-state index contributed by atoms with van der Waals surface area (Å²) in [7, 11) is 0. The zero-order valence-electron chi connectivity index (χ0n) is 14.7. The van der Waals surface area contributed by atoms with Crippen LogP contribution in [-0.4, -0.2) is 38.3 Å². The van der Waals surface area contributed by atoms with Gasteiger partial charge in [0.15, 0.2) is 0 Å². The molecule has 2 aliphatic rings. The molecule has 1 amide bonds. The van der Waals surface area contributed by atoms with Crippen LogP contribution in [0.4, 0.5) is 0 Å². The first kappa shape index (κ1) is 16.2. The fourth-order valence-corrected chi connectivity index (χ4v) is 3.66. The number of amides is 1. The lowest BCUT2D eigenvalue weighted by Gasteiger charge is -2.24. The van der Waals surface area contributed by atoms with Crippen molar-refractivity contribution in [3.63, 3.8) is 0 Å². The van der Waals surface area contributed by atoms with E-state index in [1.807, 2.05) is 18.0 Å². The zero-order valence-corrected chi connectivity index (χ0v) is 14.7. The Balaban J connectivity index is 1.40. The zero-order chi connectivity index (χ0) is 17.2. The Bertz CT molecular complexity index is 755. The first-order valence-electron chi connectivity index (χ1n) is 9.25. The fourth-order valence-electron chi connectivity index (χ4n) is 3.66. The maximum atomic E-state index is 12.9. The van der Waals surface area contributed by atoms with Crippen LogP contribution in [0.3, 0.4) is 0 Å². The lowest BCUT2D eigenvalue weighted by atomic mass is 10.0. The second-order valence-corrected chi connectivity index (χ2v) is 7.24. The van der Waals surface area contributed by atoms with E-state index in [-0.39, 0.29) is 5.91 Å². The molecule has 1 aliphatic carbocycles. The highest BCUT2D eigenvalue weighted by atomic mass is 16.2. The van der Waals surface area contributed by atoms with Crippen molar-refractivity contribution >= 4 is 5.91 Å². The van der Waals surface area contributed by atoms with Gasteiger partial charge < -0.3 is 4.90 Å². The molecule has 1 saturated heterocycles. The second kappa shape index (κ2) is 6.90. The molecule has 3 heterocycles. The molecule has 0 spiro atoms. The minimum Gasteiger partial charge on any atom is -0.336 e. The van der Waals surface area contributed by atoms with Gasteiger partial charge in [0.05, 0.1) is 5.56 Å². The van der Waals surface area contributed by atoms with E-state index < -0.39 is 0 Å². The number of pyridine rings is 1. The van der Waals surface area contributed by atoms with Crippen molar-refractivity contribution in [2.75, 3.05) is 6.54 Å². The van der Waals surface area contributed by atoms with Gasteiger partial charge in [-0.05, 0) is 63.1 Å². The number of aromatic nitrogens is 3. The van der Waals surface area contributed by atoms with Crippen molar-refractivity contribution in [3.05, 3.63) is 53.4 Å². The fraction of sp³-hybridized carbons (Fsp3) is 0.500. The van der Waals surface area contributed by atoms with Crippen molar-refractivity contribution < 1.29 is 4.79 Å². The predicted molar refractivity (Wildman–Crippen MR) is 95.4 cm³/mol. The van der Waals surface area contributed by atoms with Gasteiger partial charge in [-0.1, -0.05) is 0 Å². The molecule has 0 aromatic carbocycles. The predicted octanol–water partition coefficient (Wildman–Crippen LogP) is 3.29. The standard InChI is InChI=1S/C20H24N4O/c1-14-11-15(8-9-21-14)4-7-18-3-2-10-24(18)20(25)17-12-22-19(23-13-17)16-5-6-16/h8-9,11-13,16,18H,2-7,10H2,1H3/t18-/m1/s1. The minimum atomic E-state index is 0.0794. The van der Waals surface area contributed by atoms with Gasteiger partial charge in [-0.3, -0.25) is 9.78 Å². The van der Waals surface area contributed by atoms with Crippen LogP contribution in [0.1, 0.15) is 65.5 Å². The first-order chi connectivity index (χ1) is 12.2. The van der Waals surface area contributed by atoms with Gasteiger partial charge in [-0.25, -0.2) is 9.97 Å². The molecular weight excluding hydrogens is 312 g/mol. The topological polar surface area (TPSA) is 59.0 Å². The molecule has 5 nitrogen and oxygen atoms in total. The third-order valence-electron chi connectivity index (χ3n) is 5.23. The van der Waals surface area contributed by atoms with Gasteiger partial charge >= 0.3 is 0 Å². The molecule has 2 aromatic heterocycles. The summed E-state index contributed by atoms with van der Waals surface area (Å²) < 4.78 is 0. The Hall–Kier alpha value is -2.30. The molecule has 1 atom stereocenters. The summed E-state index contributed by atoms with van der Waals surface area (Å²) in [5.41, 5.74) is 2.96. The van der Waals surface area contributed by atoms with Gasteiger partial charge in [0.2, 0.25) is 0 Å². The van der Waals surface area contributed by atoms with Crippen molar-refractivity contribution in [2.45, 2.75) is 57.4 Å².